The van der Waals surface area contributed by atoms with E-state index in [9.17, 15) is 8.42 Å². The van der Waals surface area contributed by atoms with Crippen LogP contribution in [0.3, 0.4) is 0 Å². The number of hydrogen-bond donors (Lipinski definition) is 1. The average molecular weight is 219 g/mol. The molecule has 0 aliphatic carbocycles. The molecule has 1 heterocycles. The van der Waals surface area contributed by atoms with E-state index in [0.29, 0.717) is 5.75 Å². The normalized spacial score (nSPS) is 28.6. The van der Waals surface area contributed by atoms with E-state index in [-0.39, 0.29) is 11.3 Å². The summed E-state index contributed by atoms with van der Waals surface area (Å²) in [5.74, 6) is 0.388. The van der Waals surface area contributed by atoms with E-state index >= 15 is 0 Å². The van der Waals surface area contributed by atoms with Crippen molar-refractivity contribution in [2.45, 2.75) is 50.3 Å². The highest BCUT2D eigenvalue weighted by Crippen LogP contribution is 2.24. The average Bonchev–Trinajstić information content (AvgIpc) is 2.14. The summed E-state index contributed by atoms with van der Waals surface area (Å²) in [6.45, 7) is 2.10. The van der Waals surface area contributed by atoms with Crippen molar-refractivity contribution in [3.8, 4) is 0 Å². The van der Waals surface area contributed by atoms with Crippen molar-refractivity contribution < 1.29 is 8.42 Å². The minimum Gasteiger partial charge on any atom is -0.316 e. The molecule has 1 aliphatic heterocycles. The van der Waals surface area contributed by atoms with E-state index in [4.69, 9.17) is 0 Å². The summed E-state index contributed by atoms with van der Waals surface area (Å²) in [7, 11) is -0.954. The van der Waals surface area contributed by atoms with Gasteiger partial charge >= 0.3 is 0 Å². The lowest BCUT2D eigenvalue weighted by atomic mass is 10.0. The molecule has 0 aromatic rings. The van der Waals surface area contributed by atoms with E-state index in [0.717, 1.165) is 32.1 Å². The molecule has 0 aromatic carbocycles. The fraction of sp³-hybridized carbons (Fsp3) is 1.00. The Balaban J connectivity index is 2.71. The van der Waals surface area contributed by atoms with Gasteiger partial charge in [0.25, 0.3) is 0 Å². The first kappa shape index (κ1) is 12.0. The Morgan fingerprint density at radius 1 is 1.43 bits per heavy atom. The van der Waals surface area contributed by atoms with Crippen LogP contribution in [-0.4, -0.2) is 32.5 Å². The van der Waals surface area contributed by atoms with E-state index in [1.807, 2.05) is 7.05 Å². The first-order valence-corrected chi connectivity index (χ1v) is 7.22. The van der Waals surface area contributed by atoms with Gasteiger partial charge in [0.1, 0.15) is 0 Å². The van der Waals surface area contributed by atoms with E-state index in [1.54, 1.807) is 0 Å². The second-order valence-electron chi connectivity index (χ2n) is 4.09. The van der Waals surface area contributed by atoms with E-state index in [1.165, 1.54) is 0 Å². The maximum Gasteiger partial charge on any atom is 0.154 e. The van der Waals surface area contributed by atoms with Crippen molar-refractivity contribution >= 4 is 9.84 Å². The molecule has 1 aliphatic rings. The van der Waals surface area contributed by atoms with Crippen molar-refractivity contribution in [2.75, 3.05) is 12.8 Å². The topological polar surface area (TPSA) is 46.2 Å². The van der Waals surface area contributed by atoms with Gasteiger partial charge < -0.3 is 5.32 Å². The van der Waals surface area contributed by atoms with Crippen molar-refractivity contribution in [1.82, 2.24) is 5.32 Å². The minimum atomic E-state index is -2.82. The number of rotatable bonds is 4. The van der Waals surface area contributed by atoms with Gasteiger partial charge in [0.2, 0.25) is 0 Å². The van der Waals surface area contributed by atoms with Gasteiger partial charge in [-0.1, -0.05) is 19.8 Å². The summed E-state index contributed by atoms with van der Waals surface area (Å²) in [6.07, 6.45) is 4.75. The van der Waals surface area contributed by atoms with Gasteiger partial charge in [-0.25, -0.2) is 8.42 Å². The molecule has 14 heavy (non-hydrogen) atoms. The van der Waals surface area contributed by atoms with Crippen LogP contribution in [0.1, 0.15) is 39.0 Å². The molecule has 84 valence electrons. The maximum absolute atomic E-state index is 11.8. The Labute approximate surface area is 87.2 Å². The van der Waals surface area contributed by atoms with Gasteiger partial charge in [-0.3, -0.25) is 0 Å². The summed E-state index contributed by atoms with van der Waals surface area (Å²) < 4.78 is 23.6. The van der Waals surface area contributed by atoms with Crippen LogP contribution in [0.15, 0.2) is 0 Å². The van der Waals surface area contributed by atoms with Gasteiger partial charge in [0, 0.05) is 6.04 Å². The maximum atomic E-state index is 11.8. The first-order chi connectivity index (χ1) is 6.61. The number of sulfone groups is 1. The van der Waals surface area contributed by atoms with Crippen molar-refractivity contribution in [3.05, 3.63) is 0 Å². The lowest BCUT2D eigenvalue weighted by Gasteiger charge is -2.29. The minimum absolute atomic E-state index is 0.138. The lowest BCUT2D eigenvalue weighted by Crippen LogP contribution is -2.45. The summed E-state index contributed by atoms with van der Waals surface area (Å²) in [6, 6.07) is 0.158. The van der Waals surface area contributed by atoms with Crippen LogP contribution in [0.4, 0.5) is 0 Å². The Morgan fingerprint density at radius 2 is 2.14 bits per heavy atom. The molecule has 1 fully saturated rings. The number of hydrogen-bond acceptors (Lipinski definition) is 3. The van der Waals surface area contributed by atoms with Gasteiger partial charge in [-0.15, -0.1) is 0 Å². The highest BCUT2D eigenvalue weighted by Gasteiger charge is 2.34. The SMILES string of the molecule is CCCC(NC)C1CCCCS1(=O)=O. The molecule has 4 heteroatoms. The first-order valence-electron chi connectivity index (χ1n) is 5.50. The smallest absolute Gasteiger partial charge is 0.154 e. The molecule has 2 atom stereocenters. The summed E-state index contributed by atoms with van der Waals surface area (Å²) in [5, 5.41) is 3.01. The zero-order valence-corrected chi connectivity index (χ0v) is 9.94. The zero-order chi connectivity index (χ0) is 10.6. The molecule has 3 nitrogen and oxygen atoms in total. The molecular weight excluding hydrogens is 198 g/mol. The van der Waals surface area contributed by atoms with Crippen LogP contribution >= 0.6 is 0 Å². The molecule has 0 radical (unpaired) electrons. The second kappa shape index (κ2) is 5.12. The predicted molar refractivity (Wildman–Crippen MR) is 59.2 cm³/mol. The fourth-order valence-corrected chi connectivity index (χ4v) is 4.47. The van der Waals surface area contributed by atoms with Crippen LogP contribution in [0.5, 0.6) is 0 Å². The van der Waals surface area contributed by atoms with E-state index < -0.39 is 9.84 Å². The molecule has 1 saturated heterocycles. The Morgan fingerprint density at radius 3 is 2.64 bits per heavy atom. The molecule has 0 spiro atoms. The van der Waals surface area contributed by atoms with Crippen LogP contribution < -0.4 is 5.32 Å². The molecule has 1 N–H and O–H groups in total. The van der Waals surface area contributed by atoms with E-state index in [2.05, 4.69) is 12.2 Å². The summed E-state index contributed by atoms with van der Waals surface area (Å²) >= 11 is 0. The standard InChI is InChI=1S/C10H21NO2S/c1-3-6-9(11-2)10-7-4-5-8-14(10,12)13/h9-11H,3-8H2,1-2H3. The Kier molecular flexibility index (Phi) is 4.38. The lowest BCUT2D eigenvalue weighted by molar-refractivity contribution is 0.436. The van der Waals surface area contributed by atoms with Crippen LogP contribution in [0.2, 0.25) is 0 Å². The van der Waals surface area contributed by atoms with Gasteiger partial charge in [0.15, 0.2) is 9.84 Å². The highest BCUT2D eigenvalue weighted by molar-refractivity contribution is 7.92. The van der Waals surface area contributed by atoms with Crippen molar-refractivity contribution in [3.63, 3.8) is 0 Å². The highest BCUT2D eigenvalue weighted by atomic mass is 32.2. The number of nitrogens with one attached hydrogen (secondary N) is 1. The molecule has 1 rings (SSSR count). The Bertz CT molecular complexity index is 261. The summed E-state index contributed by atoms with van der Waals surface area (Å²) in [4.78, 5) is 0. The molecule has 0 amide bonds. The third kappa shape index (κ3) is 2.70. The fourth-order valence-electron chi connectivity index (χ4n) is 2.26. The molecule has 2 unspecified atom stereocenters. The van der Waals surface area contributed by atoms with Crippen LogP contribution in [0.25, 0.3) is 0 Å². The zero-order valence-electron chi connectivity index (χ0n) is 9.12. The van der Waals surface area contributed by atoms with Crippen LogP contribution in [-0.2, 0) is 9.84 Å². The third-order valence-corrected chi connectivity index (χ3v) is 5.39. The van der Waals surface area contributed by atoms with Crippen molar-refractivity contribution in [2.24, 2.45) is 0 Å². The van der Waals surface area contributed by atoms with Crippen LogP contribution in [0, 0.1) is 0 Å². The third-order valence-electron chi connectivity index (χ3n) is 3.05. The Hall–Kier alpha value is -0.0900. The monoisotopic (exact) mass is 219 g/mol. The second-order valence-corrected chi connectivity index (χ2v) is 6.42. The molecule has 0 saturated carbocycles. The van der Waals surface area contributed by atoms with Gasteiger partial charge in [0.05, 0.1) is 11.0 Å². The predicted octanol–water partition coefficient (Wildman–Crippen LogP) is 1.34. The largest absolute Gasteiger partial charge is 0.316 e. The molecule has 0 aromatic heterocycles. The van der Waals surface area contributed by atoms with Gasteiger partial charge in [-0.05, 0) is 26.3 Å². The molecule has 0 bridgehead atoms. The van der Waals surface area contributed by atoms with Crippen molar-refractivity contribution in [1.29, 1.82) is 0 Å². The van der Waals surface area contributed by atoms with Gasteiger partial charge in [-0.2, -0.15) is 0 Å². The quantitative estimate of drug-likeness (QED) is 0.776. The summed E-state index contributed by atoms with van der Waals surface area (Å²) in [5.41, 5.74) is 0. The molecular formula is C10H21NO2S.